The highest BCUT2D eigenvalue weighted by atomic mass is 35.5. The third-order valence-corrected chi connectivity index (χ3v) is 6.63. The molecule has 0 bridgehead atoms. The molecule has 0 heterocycles. The Morgan fingerprint density at radius 3 is 2.06 bits per heavy atom. The standard InChI is InChI=1S/C23H13Cl4F3N2O2/c24-11-6-10(7-12(25)8-11)19-20(23(19,26)27)22(34)31-13-4-5-14(28)17(9-13)32-21(33)18-15(29)2-1-3-16(18)30/h1-9,19-20H,(H,31,34)(H,32,33). The molecule has 0 spiro atoms. The molecule has 2 amide bonds. The first-order valence-corrected chi connectivity index (χ1v) is 11.2. The maximum atomic E-state index is 14.3. The van der Waals surface area contributed by atoms with E-state index in [-0.39, 0.29) is 5.69 Å². The smallest absolute Gasteiger partial charge is 0.261 e. The topological polar surface area (TPSA) is 58.2 Å². The number of alkyl halides is 2. The van der Waals surface area contributed by atoms with Gasteiger partial charge in [0.15, 0.2) is 0 Å². The summed E-state index contributed by atoms with van der Waals surface area (Å²) in [5.74, 6) is -6.34. The monoisotopic (exact) mass is 546 g/mol. The van der Waals surface area contributed by atoms with E-state index in [0.717, 1.165) is 30.3 Å². The first-order chi connectivity index (χ1) is 16.0. The molecule has 0 saturated heterocycles. The molecule has 3 aromatic rings. The van der Waals surface area contributed by atoms with Gasteiger partial charge in [-0.1, -0.05) is 29.3 Å². The number of hydrogen-bond acceptors (Lipinski definition) is 2. The fraction of sp³-hybridized carbons (Fsp3) is 0.130. The molecule has 34 heavy (non-hydrogen) atoms. The van der Waals surface area contributed by atoms with Crippen molar-refractivity contribution in [3.05, 3.63) is 93.2 Å². The van der Waals surface area contributed by atoms with Crippen LogP contribution in [0.5, 0.6) is 0 Å². The highest BCUT2D eigenvalue weighted by molar-refractivity contribution is 6.53. The fourth-order valence-corrected chi connectivity index (χ4v) is 5.01. The van der Waals surface area contributed by atoms with Crippen molar-refractivity contribution in [3.63, 3.8) is 0 Å². The summed E-state index contributed by atoms with van der Waals surface area (Å²) in [6.07, 6.45) is 0. The third-order valence-electron chi connectivity index (χ3n) is 5.25. The van der Waals surface area contributed by atoms with E-state index in [1.54, 1.807) is 12.1 Å². The molecule has 3 aromatic carbocycles. The minimum atomic E-state index is -1.43. The molecule has 1 aliphatic rings. The summed E-state index contributed by atoms with van der Waals surface area (Å²) in [6.45, 7) is 0. The molecule has 1 saturated carbocycles. The zero-order valence-corrected chi connectivity index (χ0v) is 19.8. The van der Waals surface area contributed by atoms with Crippen LogP contribution in [0, 0.1) is 23.4 Å². The van der Waals surface area contributed by atoms with Crippen LogP contribution in [0.2, 0.25) is 10.0 Å². The van der Waals surface area contributed by atoms with Gasteiger partial charge in [-0.05, 0) is 54.1 Å². The van der Waals surface area contributed by atoms with Crippen LogP contribution >= 0.6 is 46.4 Å². The SMILES string of the molecule is O=C(Nc1cc(NC(=O)C2C(c3cc(Cl)cc(Cl)c3)C2(Cl)Cl)ccc1F)c1c(F)cccc1F. The van der Waals surface area contributed by atoms with Crippen molar-refractivity contribution in [3.8, 4) is 0 Å². The van der Waals surface area contributed by atoms with Crippen LogP contribution in [0.3, 0.4) is 0 Å². The van der Waals surface area contributed by atoms with Crippen molar-refractivity contribution in [1.29, 1.82) is 0 Å². The Balaban J connectivity index is 1.52. The van der Waals surface area contributed by atoms with Crippen molar-refractivity contribution in [1.82, 2.24) is 0 Å². The number of carbonyl (C=O) groups excluding carboxylic acids is 2. The molecule has 0 radical (unpaired) electrons. The normalized spacial score (nSPS) is 18.3. The van der Waals surface area contributed by atoms with Gasteiger partial charge >= 0.3 is 0 Å². The van der Waals surface area contributed by atoms with Gasteiger partial charge in [0.05, 0.1) is 11.6 Å². The van der Waals surface area contributed by atoms with Crippen molar-refractivity contribution >= 4 is 69.6 Å². The van der Waals surface area contributed by atoms with Crippen LogP contribution in [0.1, 0.15) is 21.8 Å². The summed E-state index contributed by atoms with van der Waals surface area (Å²) in [7, 11) is 0. The average Bonchev–Trinajstić information content (AvgIpc) is 3.32. The predicted octanol–water partition coefficient (Wildman–Crippen LogP) is 7.19. The van der Waals surface area contributed by atoms with Gasteiger partial charge in [-0.3, -0.25) is 9.59 Å². The van der Waals surface area contributed by atoms with E-state index in [1.807, 2.05) is 0 Å². The highest BCUT2D eigenvalue weighted by Crippen LogP contribution is 2.65. The van der Waals surface area contributed by atoms with Crippen molar-refractivity contribution in [2.45, 2.75) is 10.3 Å². The first-order valence-electron chi connectivity index (χ1n) is 9.68. The predicted molar refractivity (Wildman–Crippen MR) is 126 cm³/mol. The van der Waals surface area contributed by atoms with Crippen LogP contribution in [0.15, 0.2) is 54.6 Å². The van der Waals surface area contributed by atoms with Crippen LogP contribution in [-0.2, 0) is 4.79 Å². The molecule has 11 heteroatoms. The Kier molecular flexibility index (Phi) is 6.75. The van der Waals surface area contributed by atoms with E-state index < -0.39 is 56.7 Å². The van der Waals surface area contributed by atoms with Crippen molar-refractivity contribution in [2.24, 2.45) is 5.92 Å². The number of nitrogens with one attached hydrogen (secondary N) is 2. The average molecular weight is 548 g/mol. The number of benzene rings is 3. The van der Waals surface area contributed by atoms with Crippen LogP contribution in [0.25, 0.3) is 0 Å². The Morgan fingerprint density at radius 2 is 1.44 bits per heavy atom. The van der Waals surface area contributed by atoms with E-state index in [1.165, 1.54) is 12.1 Å². The van der Waals surface area contributed by atoms with E-state index in [4.69, 9.17) is 46.4 Å². The minimum Gasteiger partial charge on any atom is -0.326 e. The van der Waals surface area contributed by atoms with Crippen molar-refractivity contribution < 1.29 is 22.8 Å². The van der Waals surface area contributed by atoms with Crippen LogP contribution < -0.4 is 10.6 Å². The Bertz CT molecular complexity index is 1280. The molecular formula is C23H13Cl4F3N2O2. The van der Waals surface area contributed by atoms with E-state index in [9.17, 15) is 22.8 Å². The quantitative estimate of drug-likeness (QED) is 0.332. The molecule has 2 atom stereocenters. The molecule has 2 unspecified atom stereocenters. The van der Waals surface area contributed by atoms with Gasteiger partial charge in [-0.2, -0.15) is 0 Å². The van der Waals surface area contributed by atoms with E-state index in [0.29, 0.717) is 15.6 Å². The van der Waals surface area contributed by atoms with Crippen LogP contribution in [-0.4, -0.2) is 16.1 Å². The largest absolute Gasteiger partial charge is 0.326 e. The second kappa shape index (κ2) is 9.30. The second-order valence-corrected chi connectivity index (χ2v) is 9.88. The number of carbonyl (C=O) groups is 2. The lowest BCUT2D eigenvalue weighted by Gasteiger charge is -2.11. The molecule has 1 fully saturated rings. The van der Waals surface area contributed by atoms with Gasteiger partial charge in [0.1, 0.15) is 27.3 Å². The van der Waals surface area contributed by atoms with Gasteiger partial charge in [0, 0.05) is 21.7 Å². The fourth-order valence-electron chi connectivity index (χ4n) is 3.64. The van der Waals surface area contributed by atoms with Crippen molar-refractivity contribution in [2.75, 3.05) is 10.6 Å². The molecule has 1 aliphatic carbocycles. The number of hydrogen-bond donors (Lipinski definition) is 2. The van der Waals surface area contributed by atoms with E-state index in [2.05, 4.69) is 10.6 Å². The zero-order valence-electron chi connectivity index (χ0n) is 16.8. The Labute approximate surface area is 211 Å². The summed E-state index contributed by atoms with van der Waals surface area (Å²) in [6, 6.07) is 10.9. The lowest BCUT2D eigenvalue weighted by Crippen LogP contribution is -2.19. The number of anilines is 2. The lowest BCUT2D eigenvalue weighted by molar-refractivity contribution is -0.117. The summed E-state index contributed by atoms with van der Waals surface area (Å²) in [5.41, 5.74) is -0.606. The minimum absolute atomic E-state index is 0.0922. The molecule has 4 nitrogen and oxygen atoms in total. The molecule has 0 aliphatic heterocycles. The summed E-state index contributed by atoms with van der Waals surface area (Å²) < 4.78 is 40.5. The summed E-state index contributed by atoms with van der Waals surface area (Å²) in [5, 5.41) is 5.36. The Morgan fingerprint density at radius 1 is 0.824 bits per heavy atom. The maximum absolute atomic E-state index is 14.3. The zero-order chi connectivity index (χ0) is 24.8. The molecule has 2 N–H and O–H groups in total. The molecular weight excluding hydrogens is 535 g/mol. The molecule has 176 valence electrons. The summed E-state index contributed by atoms with van der Waals surface area (Å²) in [4.78, 5) is 25.1. The summed E-state index contributed by atoms with van der Waals surface area (Å²) >= 11 is 24.7. The first kappa shape index (κ1) is 24.7. The Hall–Kier alpha value is -2.45. The van der Waals surface area contributed by atoms with Gasteiger partial charge < -0.3 is 10.6 Å². The van der Waals surface area contributed by atoms with Gasteiger partial charge in [0.2, 0.25) is 5.91 Å². The molecule has 0 aromatic heterocycles. The van der Waals surface area contributed by atoms with Crippen LogP contribution in [0.4, 0.5) is 24.5 Å². The van der Waals surface area contributed by atoms with E-state index >= 15 is 0 Å². The van der Waals surface area contributed by atoms with Gasteiger partial charge in [-0.25, -0.2) is 13.2 Å². The number of rotatable bonds is 5. The maximum Gasteiger partial charge on any atom is 0.261 e. The number of amides is 2. The second-order valence-electron chi connectivity index (χ2n) is 7.57. The molecule has 4 rings (SSSR count). The number of halogens is 7. The van der Waals surface area contributed by atoms with Gasteiger partial charge in [-0.15, -0.1) is 23.2 Å². The third kappa shape index (κ3) is 4.84. The van der Waals surface area contributed by atoms with Gasteiger partial charge in [0.25, 0.3) is 5.91 Å². The lowest BCUT2D eigenvalue weighted by atomic mass is 10.1. The highest BCUT2D eigenvalue weighted by Gasteiger charge is 2.67.